The molecule has 6 heteroatoms. The van der Waals surface area contributed by atoms with Gasteiger partial charge in [0.15, 0.2) is 5.78 Å². The Morgan fingerprint density at radius 1 is 1.04 bits per heavy atom. The Kier molecular flexibility index (Phi) is 5.85. The first-order valence-electron chi connectivity index (χ1n) is 7.44. The van der Waals surface area contributed by atoms with E-state index in [9.17, 15) is 18.0 Å². The van der Waals surface area contributed by atoms with Crippen LogP contribution >= 0.6 is 0 Å². The van der Waals surface area contributed by atoms with Crippen molar-refractivity contribution >= 4 is 5.78 Å². The molecule has 0 aliphatic carbocycles. The fourth-order valence-electron chi connectivity index (χ4n) is 2.23. The Labute approximate surface area is 143 Å². The molecule has 2 aromatic rings. The quantitative estimate of drug-likeness (QED) is 0.559. The van der Waals surface area contributed by atoms with Crippen LogP contribution in [-0.4, -0.2) is 20.0 Å². The zero-order valence-corrected chi connectivity index (χ0v) is 13.8. The number of ketones is 1. The van der Waals surface area contributed by atoms with Crippen LogP contribution in [0.4, 0.5) is 13.2 Å². The Hall–Kier alpha value is -2.76. The maximum Gasteiger partial charge on any atom is 0.416 e. The van der Waals surface area contributed by atoms with E-state index in [1.54, 1.807) is 24.3 Å². The molecule has 0 bridgehead atoms. The summed E-state index contributed by atoms with van der Waals surface area (Å²) in [7, 11) is 2.96. The minimum absolute atomic E-state index is 0.275. The number of carbonyl (C=O) groups is 1. The highest BCUT2D eigenvalue weighted by Crippen LogP contribution is 2.29. The molecule has 0 saturated heterocycles. The van der Waals surface area contributed by atoms with Gasteiger partial charge in [0.1, 0.15) is 11.5 Å². The van der Waals surface area contributed by atoms with Crippen molar-refractivity contribution in [1.29, 1.82) is 0 Å². The summed E-state index contributed by atoms with van der Waals surface area (Å²) in [6, 6.07) is 9.72. The highest BCUT2D eigenvalue weighted by Gasteiger charge is 2.29. The molecule has 0 atom stereocenters. The molecule has 0 saturated carbocycles. The van der Waals surface area contributed by atoms with Gasteiger partial charge in [-0.3, -0.25) is 4.79 Å². The van der Waals surface area contributed by atoms with Crippen LogP contribution in [0.15, 0.2) is 54.6 Å². The molecule has 0 unspecified atom stereocenters. The summed E-state index contributed by atoms with van der Waals surface area (Å²) in [6.07, 6.45) is -1.04. The number of rotatable bonds is 6. The molecule has 0 aromatic heterocycles. The summed E-state index contributed by atoms with van der Waals surface area (Å²) < 4.78 is 47.8. The number of halogens is 3. The fourth-order valence-corrected chi connectivity index (χ4v) is 2.23. The predicted molar refractivity (Wildman–Crippen MR) is 88.2 cm³/mol. The summed E-state index contributed by atoms with van der Waals surface area (Å²) in [5, 5.41) is 0. The van der Waals surface area contributed by atoms with Gasteiger partial charge in [-0.25, -0.2) is 0 Å². The van der Waals surface area contributed by atoms with Gasteiger partial charge in [0.05, 0.1) is 25.3 Å². The molecule has 132 valence electrons. The molecular weight excluding hydrogens is 333 g/mol. The second kappa shape index (κ2) is 7.88. The summed E-state index contributed by atoms with van der Waals surface area (Å²) >= 11 is 0. The van der Waals surface area contributed by atoms with Crippen molar-refractivity contribution in [3.63, 3.8) is 0 Å². The molecule has 0 radical (unpaired) electrons. The van der Waals surface area contributed by atoms with Crippen molar-refractivity contribution in [3.8, 4) is 11.5 Å². The van der Waals surface area contributed by atoms with Crippen LogP contribution in [-0.2, 0) is 12.6 Å². The van der Waals surface area contributed by atoms with Crippen molar-refractivity contribution < 1.29 is 27.4 Å². The normalized spacial score (nSPS) is 11.6. The first-order valence-corrected chi connectivity index (χ1v) is 7.44. The van der Waals surface area contributed by atoms with Crippen LogP contribution in [0, 0.1) is 0 Å². The van der Waals surface area contributed by atoms with Gasteiger partial charge in [0, 0.05) is 0 Å². The second-order valence-corrected chi connectivity index (χ2v) is 5.23. The third-order valence-electron chi connectivity index (χ3n) is 3.58. The maximum atomic E-state index is 12.5. The smallest absolute Gasteiger partial charge is 0.416 e. The maximum absolute atomic E-state index is 12.5. The van der Waals surface area contributed by atoms with Gasteiger partial charge >= 0.3 is 6.18 Å². The lowest BCUT2D eigenvalue weighted by atomic mass is 10.1. The van der Waals surface area contributed by atoms with Gasteiger partial charge < -0.3 is 9.47 Å². The van der Waals surface area contributed by atoms with E-state index in [0.29, 0.717) is 29.0 Å². The van der Waals surface area contributed by atoms with Crippen LogP contribution < -0.4 is 9.47 Å². The molecule has 2 rings (SSSR count). The second-order valence-electron chi connectivity index (χ2n) is 5.23. The molecule has 25 heavy (non-hydrogen) atoms. The minimum Gasteiger partial charge on any atom is -0.497 e. The molecule has 0 fully saturated rings. The summed E-state index contributed by atoms with van der Waals surface area (Å²) in [5.74, 6) is 0.674. The van der Waals surface area contributed by atoms with Gasteiger partial charge in [-0.1, -0.05) is 18.2 Å². The molecule has 3 nitrogen and oxygen atoms in total. The Morgan fingerprint density at radius 3 is 2.28 bits per heavy atom. The van der Waals surface area contributed by atoms with Crippen LogP contribution in [0.2, 0.25) is 0 Å². The van der Waals surface area contributed by atoms with Crippen LogP contribution in [0.25, 0.3) is 0 Å². The van der Waals surface area contributed by atoms with Crippen molar-refractivity contribution in [1.82, 2.24) is 0 Å². The molecule has 0 aliphatic rings. The monoisotopic (exact) mass is 350 g/mol. The van der Waals surface area contributed by atoms with Gasteiger partial charge in [-0.15, -0.1) is 0 Å². The van der Waals surface area contributed by atoms with E-state index in [-0.39, 0.29) is 5.78 Å². The Morgan fingerprint density at radius 2 is 1.72 bits per heavy atom. The molecule has 0 N–H and O–H groups in total. The highest BCUT2D eigenvalue weighted by molar-refractivity contribution is 6.06. The van der Waals surface area contributed by atoms with Crippen LogP contribution in [0.3, 0.4) is 0 Å². The molecule has 0 amide bonds. The van der Waals surface area contributed by atoms with Crippen molar-refractivity contribution in [2.75, 3.05) is 14.2 Å². The lowest BCUT2D eigenvalue weighted by molar-refractivity contribution is -0.137. The lowest BCUT2D eigenvalue weighted by Gasteiger charge is -2.08. The van der Waals surface area contributed by atoms with Crippen molar-refractivity contribution in [3.05, 3.63) is 71.3 Å². The number of allylic oxidation sites excluding steroid dienone is 2. The summed E-state index contributed by atoms with van der Waals surface area (Å²) in [4.78, 5) is 12.3. The standard InChI is InChI=1S/C19H17F3O3/c1-24-15-10-11-18(25-2)16(12-15)17(23)5-3-4-13-6-8-14(9-7-13)19(20,21)22/h3,5-12H,4H2,1-2H3. The SMILES string of the molecule is COc1ccc(OC)c(C(=O)C=CCc2ccc(C(F)(F)F)cc2)c1. The predicted octanol–water partition coefficient (Wildman–Crippen LogP) is 4.70. The largest absolute Gasteiger partial charge is 0.497 e. The number of methoxy groups -OCH3 is 2. The fraction of sp³-hybridized carbons (Fsp3) is 0.211. The van der Waals surface area contributed by atoms with Crippen molar-refractivity contribution in [2.45, 2.75) is 12.6 Å². The number of carbonyl (C=O) groups excluding carboxylic acids is 1. The zero-order valence-electron chi connectivity index (χ0n) is 13.8. The van der Waals surface area contributed by atoms with E-state index in [1.165, 1.54) is 32.4 Å². The first kappa shape index (κ1) is 18.6. The van der Waals surface area contributed by atoms with Gasteiger partial charge in [0.2, 0.25) is 0 Å². The van der Waals surface area contributed by atoms with Gasteiger partial charge in [0.25, 0.3) is 0 Å². The number of alkyl halides is 3. The zero-order chi connectivity index (χ0) is 18.4. The molecule has 0 heterocycles. The molecular formula is C19H17F3O3. The van der Waals surface area contributed by atoms with E-state index in [2.05, 4.69) is 0 Å². The van der Waals surface area contributed by atoms with Crippen molar-refractivity contribution in [2.24, 2.45) is 0 Å². The number of ether oxygens (including phenoxy) is 2. The summed E-state index contributed by atoms with van der Waals surface area (Å²) in [5.41, 5.74) is 0.331. The topological polar surface area (TPSA) is 35.5 Å². The average molecular weight is 350 g/mol. The minimum atomic E-state index is -4.35. The van der Waals surface area contributed by atoms with E-state index in [1.807, 2.05) is 0 Å². The van der Waals surface area contributed by atoms with E-state index in [0.717, 1.165) is 12.1 Å². The molecule has 2 aromatic carbocycles. The van der Waals surface area contributed by atoms with Crippen LogP contribution in [0.1, 0.15) is 21.5 Å². The van der Waals surface area contributed by atoms with Gasteiger partial charge in [-0.05, 0) is 48.4 Å². The van der Waals surface area contributed by atoms with E-state index in [4.69, 9.17) is 9.47 Å². The van der Waals surface area contributed by atoms with Crippen LogP contribution in [0.5, 0.6) is 11.5 Å². The number of hydrogen-bond acceptors (Lipinski definition) is 3. The third-order valence-corrected chi connectivity index (χ3v) is 3.58. The Balaban J connectivity index is 2.08. The lowest BCUT2D eigenvalue weighted by Crippen LogP contribution is -2.04. The molecule has 0 aliphatic heterocycles. The van der Waals surface area contributed by atoms with E-state index >= 15 is 0 Å². The molecule has 0 spiro atoms. The van der Waals surface area contributed by atoms with E-state index < -0.39 is 11.7 Å². The highest BCUT2D eigenvalue weighted by atomic mass is 19.4. The summed E-state index contributed by atoms with van der Waals surface area (Å²) in [6.45, 7) is 0. The number of benzene rings is 2. The third kappa shape index (κ3) is 4.86. The first-order chi connectivity index (χ1) is 11.8. The van der Waals surface area contributed by atoms with Gasteiger partial charge in [-0.2, -0.15) is 13.2 Å². The average Bonchev–Trinajstić information content (AvgIpc) is 2.60. The Bertz CT molecular complexity index is 762. The number of hydrogen-bond donors (Lipinski definition) is 0.